The Labute approximate surface area is 104 Å². The quantitative estimate of drug-likeness (QED) is 0.635. The second-order valence-electron chi connectivity index (χ2n) is 3.30. The van der Waals surface area contributed by atoms with Crippen LogP contribution in [0.3, 0.4) is 0 Å². The monoisotopic (exact) mass is 318 g/mol. The average Bonchev–Trinajstić information content (AvgIpc) is 2.18. The Hall–Kier alpha value is -0.620. The minimum Gasteiger partial charge on any atom is -0.356 e. The van der Waals surface area contributed by atoms with Crippen LogP contribution in [-0.4, -0.2) is 19.0 Å². The number of nitrogens with one attached hydrogen (secondary N) is 1. The number of halogens is 1. The normalized spacial score (nSPS) is 10.0. The molecule has 1 amide bonds. The lowest BCUT2D eigenvalue weighted by atomic mass is 10.1. The van der Waals surface area contributed by atoms with Gasteiger partial charge in [-0.25, -0.2) is 0 Å². The highest BCUT2D eigenvalue weighted by molar-refractivity contribution is 14.1. The van der Waals surface area contributed by atoms with Gasteiger partial charge in [-0.05, 0) is 53.3 Å². The van der Waals surface area contributed by atoms with E-state index in [0.29, 0.717) is 19.5 Å². The number of hydrogen-bond donors (Lipinski definition) is 2. The van der Waals surface area contributed by atoms with Crippen molar-refractivity contribution in [2.24, 2.45) is 5.73 Å². The van der Waals surface area contributed by atoms with Crippen molar-refractivity contribution in [1.82, 2.24) is 5.32 Å². The predicted octanol–water partition coefficient (Wildman–Crippen LogP) is 1.30. The fourth-order valence-electron chi connectivity index (χ4n) is 1.22. The van der Waals surface area contributed by atoms with Crippen LogP contribution >= 0.6 is 22.6 Å². The van der Waals surface area contributed by atoms with Crippen LogP contribution in [0.15, 0.2) is 24.3 Å². The van der Waals surface area contributed by atoms with Crippen molar-refractivity contribution in [2.75, 3.05) is 13.1 Å². The highest BCUT2D eigenvalue weighted by atomic mass is 127. The highest BCUT2D eigenvalue weighted by Gasteiger charge is 2.02. The smallest absolute Gasteiger partial charge is 0.224 e. The molecule has 0 aliphatic heterocycles. The summed E-state index contributed by atoms with van der Waals surface area (Å²) in [4.78, 5) is 11.4. The Morgan fingerprint density at radius 3 is 2.93 bits per heavy atom. The molecule has 0 saturated heterocycles. The first-order chi connectivity index (χ1) is 7.22. The topological polar surface area (TPSA) is 55.1 Å². The lowest BCUT2D eigenvalue weighted by Gasteiger charge is -2.04. The molecule has 0 heterocycles. The average molecular weight is 318 g/mol. The first kappa shape index (κ1) is 12.4. The van der Waals surface area contributed by atoms with Gasteiger partial charge in [-0.15, -0.1) is 0 Å². The van der Waals surface area contributed by atoms with Gasteiger partial charge in [-0.2, -0.15) is 0 Å². The summed E-state index contributed by atoms with van der Waals surface area (Å²) >= 11 is 2.24. The van der Waals surface area contributed by atoms with Gasteiger partial charge in [0.05, 0.1) is 6.42 Å². The van der Waals surface area contributed by atoms with E-state index >= 15 is 0 Å². The third-order valence-electron chi connectivity index (χ3n) is 1.96. The number of rotatable bonds is 5. The van der Waals surface area contributed by atoms with Crippen LogP contribution in [0.4, 0.5) is 0 Å². The summed E-state index contributed by atoms with van der Waals surface area (Å²) in [5, 5.41) is 2.83. The summed E-state index contributed by atoms with van der Waals surface area (Å²) in [6.07, 6.45) is 1.28. The van der Waals surface area contributed by atoms with E-state index in [0.717, 1.165) is 15.6 Å². The van der Waals surface area contributed by atoms with Crippen LogP contribution in [0.1, 0.15) is 12.0 Å². The van der Waals surface area contributed by atoms with Gasteiger partial charge < -0.3 is 11.1 Å². The van der Waals surface area contributed by atoms with Crippen molar-refractivity contribution < 1.29 is 4.79 Å². The summed E-state index contributed by atoms with van der Waals surface area (Å²) < 4.78 is 1.15. The van der Waals surface area contributed by atoms with Gasteiger partial charge in [0.25, 0.3) is 0 Å². The number of carbonyl (C=O) groups excluding carboxylic acids is 1. The Bertz CT molecular complexity index is 328. The molecule has 0 unspecified atom stereocenters. The molecule has 0 aliphatic carbocycles. The summed E-state index contributed by atoms with van der Waals surface area (Å²) in [5.74, 6) is 0.0606. The van der Waals surface area contributed by atoms with Crippen molar-refractivity contribution in [2.45, 2.75) is 12.8 Å². The van der Waals surface area contributed by atoms with Gasteiger partial charge in [0.2, 0.25) is 5.91 Å². The molecule has 0 saturated carbocycles. The van der Waals surface area contributed by atoms with Gasteiger partial charge in [-0.3, -0.25) is 4.79 Å². The predicted molar refractivity (Wildman–Crippen MR) is 69.5 cm³/mol. The Kier molecular flexibility index (Phi) is 5.63. The number of amides is 1. The van der Waals surface area contributed by atoms with Crippen molar-refractivity contribution in [3.63, 3.8) is 0 Å². The largest absolute Gasteiger partial charge is 0.356 e. The van der Waals surface area contributed by atoms with Crippen molar-refractivity contribution in [3.8, 4) is 0 Å². The maximum atomic E-state index is 11.4. The Balaban J connectivity index is 2.37. The summed E-state index contributed by atoms with van der Waals surface area (Å²) in [5.41, 5.74) is 6.38. The highest BCUT2D eigenvalue weighted by Crippen LogP contribution is 2.08. The maximum absolute atomic E-state index is 11.4. The zero-order valence-corrected chi connectivity index (χ0v) is 10.7. The van der Waals surface area contributed by atoms with Crippen molar-refractivity contribution in [1.29, 1.82) is 0 Å². The van der Waals surface area contributed by atoms with E-state index in [1.807, 2.05) is 24.3 Å². The van der Waals surface area contributed by atoms with E-state index in [9.17, 15) is 4.79 Å². The molecular weight excluding hydrogens is 303 g/mol. The third-order valence-corrected chi connectivity index (χ3v) is 2.63. The van der Waals surface area contributed by atoms with Crippen molar-refractivity contribution in [3.05, 3.63) is 33.4 Å². The summed E-state index contributed by atoms with van der Waals surface area (Å²) in [6.45, 7) is 1.28. The van der Waals surface area contributed by atoms with Crippen LogP contribution < -0.4 is 11.1 Å². The number of benzene rings is 1. The van der Waals surface area contributed by atoms with Crippen LogP contribution in [0, 0.1) is 3.57 Å². The van der Waals surface area contributed by atoms with Gasteiger partial charge in [0.1, 0.15) is 0 Å². The van der Waals surface area contributed by atoms with Crippen molar-refractivity contribution >= 4 is 28.5 Å². The molecule has 3 nitrogen and oxygen atoms in total. The maximum Gasteiger partial charge on any atom is 0.224 e. The van der Waals surface area contributed by atoms with Gasteiger partial charge in [0, 0.05) is 10.1 Å². The van der Waals surface area contributed by atoms with Gasteiger partial charge in [0.15, 0.2) is 0 Å². The Morgan fingerprint density at radius 1 is 1.47 bits per heavy atom. The van der Waals surface area contributed by atoms with Gasteiger partial charge in [-0.1, -0.05) is 12.1 Å². The van der Waals surface area contributed by atoms with Gasteiger partial charge >= 0.3 is 0 Å². The molecule has 0 spiro atoms. The molecule has 15 heavy (non-hydrogen) atoms. The van der Waals surface area contributed by atoms with Crippen LogP contribution in [0.5, 0.6) is 0 Å². The van der Waals surface area contributed by atoms with E-state index < -0.39 is 0 Å². The first-order valence-corrected chi connectivity index (χ1v) is 6.01. The fourth-order valence-corrected chi connectivity index (χ4v) is 1.83. The molecule has 0 radical (unpaired) electrons. The summed E-state index contributed by atoms with van der Waals surface area (Å²) in [6, 6.07) is 7.95. The minimum absolute atomic E-state index is 0.0606. The second kappa shape index (κ2) is 6.79. The molecule has 0 fully saturated rings. The Morgan fingerprint density at radius 2 is 2.27 bits per heavy atom. The molecule has 0 atom stereocenters. The third kappa shape index (κ3) is 5.13. The fraction of sp³-hybridized carbons (Fsp3) is 0.364. The van der Waals surface area contributed by atoms with E-state index in [-0.39, 0.29) is 5.91 Å². The van der Waals surface area contributed by atoms with E-state index in [4.69, 9.17) is 5.73 Å². The number of nitrogens with two attached hydrogens (primary N) is 1. The molecule has 1 aromatic rings. The zero-order valence-electron chi connectivity index (χ0n) is 8.50. The molecule has 1 rings (SSSR count). The van der Waals surface area contributed by atoms with Crippen LogP contribution in [0.2, 0.25) is 0 Å². The second-order valence-corrected chi connectivity index (χ2v) is 4.54. The molecule has 82 valence electrons. The van der Waals surface area contributed by atoms with E-state index in [1.165, 1.54) is 0 Å². The molecular formula is C11H15IN2O. The lowest BCUT2D eigenvalue weighted by Crippen LogP contribution is -2.27. The number of carbonyl (C=O) groups is 1. The molecule has 0 bridgehead atoms. The minimum atomic E-state index is 0.0606. The summed E-state index contributed by atoms with van der Waals surface area (Å²) in [7, 11) is 0. The molecule has 0 aliphatic rings. The molecule has 1 aromatic carbocycles. The molecule has 4 heteroatoms. The zero-order chi connectivity index (χ0) is 11.1. The van der Waals surface area contributed by atoms with E-state index in [1.54, 1.807) is 0 Å². The van der Waals surface area contributed by atoms with E-state index in [2.05, 4.69) is 27.9 Å². The van der Waals surface area contributed by atoms with Crippen LogP contribution in [0.25, 0.3) is 0 Å². The molecule has 3 N–H and O–H groups in total. The first-order valence-electron chi connectivity index (χ1n) is 4.93. The standard InChI is InChI=1S/C11H15IN2O/c12-10-4-1-3-9(7-10)8-11(15)14-6-2-5-13/h1,3-4,7H,2,5-6,8,13H2,(H,14,15). The SMILES string of the molecule is NCCCNC(=O)Cc1cccc(I)c1. The molecule has 0 aromatic heterocycles. The van der Waals surface area contributed by atoms with Crippen LogP contribution in [-0.2, 0) is 11.2 Å². The number of hydrogen-bond acceptors (Lipinski definition) is 2. The lowest BCUT2D eigenvalue weighted by molar-refractivity contribution is -0.120.